The summed E-state index contributed by atoms with van der Waals surface area (Å²) in [6, 6.07) is 1.84. The summed E-state index contributed by atoms with van der Waals surface area (Å²) in [4.78, 5) is 6.14. The summed E-state index contributed by atoms with van der Waals surface area (Å²) < 4.78 is 0.890. The molecule has 0 bridgehead atoms. The zero-order valence-electron chi connectivity index (χ0n) is 7.50. The fourth-order valence-electron chi connectivity index (χ4n) is 1.05. The van der Waals surface area contributed by atoms with Crippen LogP contribution in [0.15, 0.2) is 29.4 Å². The summed E-state index contributed by atoms with van der Waals surface area (Å²) >= 11 is 3.30. The van der Waals surface area contributed by atoms with Crippen molar-refractivity contribution in [3.8, 4) is 0 Å². The molecule has 0 atom stereocenters. The van der Waals surface area contributed by atoms with E-state index in [0.717, 1.165) is 16.8 Å². The van der Waals surface area contributed by atoms with Crippen molar-refractivity contribution in [2.75, 3.05) is 24.2 Å². The number of likely N-dealkylation sites (N-methyl/N-ethyl adjacent to an activating group) is 1. The Kier molecular flexibility index (Phi) is 3.31. The maximum absolute atomic E-state index is 5.78. The summed E-state index contributed by atoms with van der Waals surface area (Å²) in [6.45, 7) is 4.39. The van der Waals surface area contributed by atoms with Crippen molar-refractivity contribution in [1.29, 1.82) is 0 Å². The minimum Gasteiger partial charge on any atom is -0.396 e. The fraction of sp³-hybridized carbons (Fsp3) is 0.222. The minimum absolute atomic E-state index is 0.665. The summed E-state index contributed by atoms with van der Waals surface area (Å²) in [7, 11) is 1.92. The summed E-state index contributed by atoms with van der Waals surface area (Å²) in [5.41, 5.74) is 6.45. The summed E-state index contributed by atoms with van der Waals surface area (Å²) in [6.07, 6.45) is 3.54. The normalized spacial score (nSPS) is 9.69. The largest absolute Gasteiger partial charge is 0.396 e. The van der Waals surface area contributed by atoms with Crippen LogP contribution >= 0.6 is 15.9 Å². The first-order valence-electron chi connectivity index (χ1n) is 3.88. The van der Waals surface area contributed by atoms with Crippen LogP contribution in [0, 0.1) is 0 Å². The van der Waals surface area contributed by atoms with E-state index in [2.05, 4.69) is 27.5 Å². The lowest BCUT2D eigenvalue weighted by molar-refractivity contribution is 0.993. The predicted molar refractivity (Wildman–Crippen MR) is 59.8 cm³/mol. The molecule has 0 saturated carbocycles. The summed E-state index contributed by atoms with van der Waals surface area (Å²) in [5, 5.41) is 0. The van der Waals surface area contributed by atoms with Gasteiger partial charge in [0.15, 0.2) is 5.82 Å². The Morgan fingerprint density at radius 2 is 2.46 bits per heavy atom. The quantitative estimate of drug-likeness (QED) is 0.825. The van der Waals surface area contributed by atoms with Crippen molar-refractivity contribution in [3.63, 3.8) is 0 Å². The standard InChI is InChI=1S/C9H12BrN3/c1-3-4-13(2)9-8(11)5-7(10)6-12-9/h3,5-6H,1,4,11H2,2H3. The molecule has 0 aliphatic rings. The van der Waals surface area contributed by atoms with Gasteiger partial charge >= 0.3 is 0 Å². The molecule has 3 nitrogen and oxygen atoms in total. The van der Waals surface area contributed by atoms with Gasteiger partial charge in [-0.25, -0.2) is 4.98 Å². The van der Waals surface area contributed by atoms with E-state index < -0.39 is 0 Å². The Bertz CT molecular complexity index is 312. The van der Waals surface area contributed by atoms with Gasteiger partial charge in [-0.2, -0.15) is 0 Å². The van der Waals surface area contributed by atoms with E-state index in [1.54, 1.807) is 6.20 Å². The molecule has 0 radical (unpaired) electrons. The van der Waals surface area contributed by atoms with Gasteiger partial charge in [-0.05, 0) is 22.0 Å². The van der Waals surface area contributed by atoms with Gasteiger partial charge in [-0.3, -0.25) is 0 Å². The molecular weight excluding hydrogens is 230 g/mol. The molecule has 0 unspecified atom stereocenters. The van der Waals surface area contributed by atoms with E-state index in [9.17, 15) is 0 Å². The molecule has 2 N–H and O–H groups in total. The number of nitrogens with zero attached hydrogens (tertiary/aromatic N) is 2. The van der Waals surface area contributed by atoms with Crippen molar-refractivity contribution in [1.82, 2.24) is 4.98 Å². The van der Waals surface area contributed by atoms with Gasteiger partial charge in [0.05, 0.1) is 5.69 Å². The number of rotatable bonds is 3. The van der Waals surface area contributed by atoms with Crippen LogP contribution in [0.3, 0.4) is 0 Å². The van der Waals surface area contributed by atoms with Crippen LogP contribution in [-0.4, -0.2) is 18.6 Å². The highest BCUT2D eigenvalue weighted by atomic mass is 79.9. The maximum Gasteiger partial charge on any atom is 0.151 e. The highest BCUT2D eigenvalue weighted by Crippen LogP contribution is 2.22. The number of nitrogens with two attached hydrogens (primary N) is 1. The van der Waals surface area contributed by atoms with Crippen molar-refractivity contribution in [3.05, 3.63) is 29.4 Å². The van der Waals surface area contributed by atoms with Gasteiger partial charge in [-0.15, -0.1) is 6.58 Å². The fourth-order valence-corrected chi connectivity index (χ4v) is 1.40. The molecule has 0 amide bonds. The highest BCUT2D eigenvalue weighted by molar-refractivity contribution is 9.10. The second-order valence-electron chi connectivity index (χ2n) is 2.74. The van der Waals surface area contributed by atoms with E-state index in [-0.39, 0.29) is 0 Å². The third kappa shape index (κ3) is 2.45. The Hall–Kier alpha value is -1.03. The van der Waals surface area contributed by atoms with Gasteiger partial charge < -0.3 is 10.6 Å². The molecule has 0 spiro atoms. The SMILES string of the molecule is C=CCN(C)c1ncc(Br)cc1N. The van der Waals surface area contributed by atoms with Gasteiger partial charge in [0, 0.05) is 24.3 Å². The molecule has 0 aromatic carbocycles. The predicted octanol–water partition coefficient (Wildman–Crippen LogP) is 2.05. The monoisotopic (exact) mass is 241 g/mol. The molecule has 1 heterocycles. The number of anilines is 2. The van der Waals surface area contributed by atoms with Crippen LogP contribution in [0.5, 0.6) is 0 Å². The van der Waals surface area contributed by atoms with Gasteiger partial charge in [0.2, 0.25) is 0 Å². The lowest BCUT2D eigenvalue weighted by atomic mass is 10.3. The third-order valence-electron chi connectivity index (χ3n) is 1.63. The average Bonchev–Trinajstić information content (AvgIpc) is 2.04. The van der Waals surface area contributed by atoms with Gasteiger partial charge in [0.25, 0.3) is 0 Å². The number of aromatic nitrogens is 1. The van der Waals surface area contributed by atoms with Crippen LogP contribution < -0.4 is 10.6 Å². The van der Waals surface area contributed by atoms with Crippen LogP contribution in [0.25, 0.3) is 0 Å². The van der Waals surface area contributed by atoms with Crippen molar-refractivity contribution >= 4 is 27.4 Å². The first kappa shape index (κ1) is 10.1. The molecule has 1 rings (SSSR count). The molecule has 1 aromatic heterocycles. The van der Waals surface area contributed by atoms with Crippen LogP contribution in [0.2, 0.25) is 0 Å². The Labute approximate surface area is 86.4 Å². The smallest absolute Gasteiger partial charge is 0.151 e. The van der Waals surface area contributed by atoms with E-state index in [0.29, 0.717) is 5.69 Å². The average molecular weight is 242 g/mol. The highest BCUT2D eigenvalue weighted by Gasteiger charge is 2.04. The topological polar surface area (TPSA) is 42.2 Å². The lowest BCUT2D eigenvalue weighted by Gasteiger charge is -2.17. The molecule has 4 heteroatoms. The van der Waals surface area contributed by atoms with E-state index in [1.807, 2.05) is 24.1 Å². The molecular formula is C9H12BrN3. The zero-order valence-corrected chi connectivity index (χ0v) is 9.08. The number of halogens is 1. The molecule has 0 aliphatic carbocycles. The van der Waals surface area contributed by atoms with Crippen molar-refractivity contribution < 1.29 is 0 Å². The molecule has 1 aromatic rings. The minimum atomic E-state index is 0.665. The second-order valence-corrected chi connectivity index (χ2v) is 3.65. The first-order valence-corrected chi connectivity index (χ1v) is 4.67. The summed E-state index contributed by atoms with van der Waals surface area (Å²) in [5.74, 6) is 0.781. The van der Waals surface area contributed by atoms with Crippen LogP contribution in [0.4, 0.5) is 11.5 Å². The molecule has 70 valence electrons. The van der Waals surface area contributed by atoms with Crippen molar-refractivity contribution in [2.45, 2.75) is 0 Å². The van der Waals surface area contributed by atoms with Gasteiger partial charge in [0.1, 0.15) is 0 Å². The van der Waals surface area contributed by atoms with E-state index >= 15 is 0 Å². The van der Waals surface area contributed by atoms with Crippen LogP contribution in [0.1, 0.15) is 0 Å². The number of hydrogen-bond acceptors (Lipinski definition) is 3. The third-order valence-corrected chi connectivity index (χ3v) is 2.06. The number of hydrogen-bond donors (Lipinski definition) is 1. The molecule has 0 saturated heterocycles. The Morgan fingerprint density at radius 3 is 3.00 bits per heavy atom. The van der Waals surface area contributed by atoms with E-state index in [1.165, 1.54) is 0 Å². The lowest BCUT2D eigenvalue weighted by Crippen LogP contribution is -2.19. The van der Waals surface area contributed by atoms with Crippen molar-refractivity contribution in [2.24, 2.45) is 0 Å². The van der Waals surface area contributed by atoms with Gasteiger partial charge in [-0.1, -0.05) is 6.08 Å². The maximum atomic E-state index is 5.78. The number of pyridine rings is 1. The molecule has 0 aliphatic heterocycles. The first-order chi connectivity index (χ1) is 6.15. The number of nitrogen functional groups attached to an aromatic ring is 1. The zero-order chi connectivity index (χ0) is 9.84. The van der Waals surface area contributed by atoms with Crippen LogP contribution in [-0.2, 0) is 0 Å². The molecule has 0 fully saturated rings. The Morgan fingerprint density at radius 1 is 1.77 bits per heavy atom. The molecule has 13 heavy (non-hydrogen) atoms. The Balaban J connectivity index is 2.94. The second kappa shape index (κ2) is 4.28. The van der Waals surface area contributed by atoms with E-state index in [4.69, 9.17) is 5.73 Å².